The molecule has 0 unspecified atom stereocenters. The lowest BCUT2D eigenvalue weighted by Gasteiger charge is -2.06. The van der Waals surface area contributed by atoms with Crippen LogP contribution in [0.3, 0.4) is 0 Å². The summed E-state index contributed by atoms with van der Waals surface area (Å²) in [6, 6.07) is 8.70. The zero-order chi connectivity index (χ0) is 19.9. The van der Waals surface area contributed by atoms with Gasteiger partial charge in [-0.25, -0.2) is 8.42 Å². The van der Waals surface area contributed by atoms with Gasteiger partial charge in [-0.1, -0.05) is 36.1 Å². The van der Waals surface area contributed by atoms with Crippen LogP contribution in [0.4, 0.5) is 5.69 Å². The second-order valence-electron chi connectivity index (χ2n) is 6.06. The first-order valence-electron chi connectivity index (χ1n) is 7.99. The van der Waals surface area contributed by atoms with Gasteiger partial charge in [-0.2, -0.15) is 0 Å². The molecule has 0 aliphatic carbocycles. The lowest BCUT2D eigenvalue weighted by Crippen LogP contribution is -2.17. The number of hydrogen-bond acceptors (Lipinski definition) is 7. The SMILES string of the molecule is CS(=O)(=O)Nc1ccc(-c2cncc3cc(/C=C4\SC(=S)NC4=O)oc23)cc1. The number of carbonyl (C=O) groups is 1. The number of thioether (sulfide) groups is 1. The molecule has 1 saturated heterocycles. The maximum Gasteiger partial charge on any atom is 0.263 e. The molecule has 1 fully saturated rings. The van der Waals surface area contributed by atoms with Crippen molar-refractivity contribution in [1.82, 2.24) is 10.3 Å². The van der Waals surface area contributed by atoms with E-state index in [4.69, 9.17) is 16.6 Å². The topological polar surface area (TPSA) is 101 Å². The van der Waals surface area contributed by atoms with Crippen LogP contribution in [-0.4, -0.2) is 29.9 Å². The second-order valence-corrected chi connectivity index (χ2v) is 9.53. The number of sulfonamides is 1. The molecule has 0 spiro atoms. The Morgan fingerprint density at radius 1 is 1.25 bits per heavy atom. The molecule has 1 aliphatic rings. The van der Waals surface area contributed by atoms with Crippen LogP contribution in [-0.2, 0) is 14.8 Å². The highest BCUT2D eigenvalue weighted by Gasteiger charge is 2.23. The maximum absolute atomic E-state index is 11.8. The number of nitrogens with one attached hydrogen (secondary N) is 2. The zero-order valence-corrected chi connectivity index (χ0v) is 16.9. The highest BCUT2D eigenvalue weighted by molar-refractivity contribution is 8.26. The van der Waals surface area contributed by atoms with Gasteiger partial charge >= 0.3 is 0 Å². The normalized spacial score (nSPS) is 16.0. The zero-order valence-electron chi connectivity index (χ0n) is 14.4. The van der Waals surface area contributed by atoms with Crippen molar-refractivity contribution in [3.63, 3.8) is 0 Å². The number of amides is 1. The number of fused-ring (bicyclic) bond motifs is 1. The summed E-state index contributed by atoms with van der Waals surface area (Å²) in [5, 5.41) is 3.35. The van der Waals surface area contributed by atoms with E-state index in [-0.39, 0.29) is 5.91 Å². The lowest BCUT2D eigenvalue weighted by molar-refractivity contribution is -0.115. The predicted octanol–water partition coefficient (Wildman–Crippen LogP) is 3.36. The number of carbonyl (C=O) groups excluding carboxylic acids is 1. The molecule has 142 valence electrons. The van der Waals surface area contributed by atoms with Crippen molar-refractivity contribution < 1.29 is 17.6 Å². The summed E-state index contributed by atoms with van der Waals surface area (Å²) in [4.78, 5) is 16.5. The van der Waals surface area contributed by atoms with Crippen molar-refractivity contribution in [2.24, 2.45) is 0 Å². The first-order valence-corrected chi connectivity index (χ1v) is 11.1. The van der Waals surface area contributed by atoms with E-state index in [0.29, 0.717) is 26.3 Å². The molecule has 0 atom stereocenters. The second kappa shape index (κ2) is 7.04. The van der Waals surface area contributed by atoms with Gasteiger partial charge in [0.25, 0.3) is 5.91 Å². The van der Waals surface area contributed by atoms with Crippen LogP contribution < -0.4 is 10.0 Å². The van der Waals surface area contributed by atoms with Crippen molar-refractivity contribution >= 4 is 67.0 Å². The first-order chi connectivity index (χ1) is 13.3. The van der Waals surface area contributed by atoms with Gasteiger partial charge in [0, 0.05) is 35.1 Å². The molecule has 10 heteroatoms. The molecule has 1 aromatic carbocycles. The van der Waals surface area contributed by atoms with E-state index in [1.165, 1.54) is 11.8 Å². The Hall–Kier alpha value is -2.69. The summed E-state index contributed by atoms with van der Waals surface area (Å²) in [5.41, 5.74) is 2.67. The molecule has 1 amide bonds. The first kappa shape index (κ1) is 18.7. The van der Waals surface area contributed by atoms with Gasteiger partial charge < -0.3 is 9.73 Å². The van der Waals surface area contributed by atoms with E-state index >= 15 is 0 Å². The molecule has 0 saturated carbocycles. The van der Waals surface area contributed by atoms with E-state index in [0.717, 1.165) is 22.8 Å². The van der Waals surface area contributed by atoms with Gasteiger partial charge in [0.05, 0.1) is 11.2 Å². The van der Waals surface area contributed by atoms with Gasteiger partial charge in [0.1, 0.15) is 15.7 Å². The summed E-state index contributed by atoms with van der Waals surface area (Å²) >= 11 is 6.17. The molecule has 3 heterocycles. The number of aromatic nitrogens is 1. The molecule has 28 heavy (non-hydrogen) atoms. The number of anilines is 1. The Morgan fingerprint density at radius 3 is 2.64 bits per heavy atom. The van der Waals surface area contributed by atoms with Crippen LogP contribution in [0.2, 0.25) is 0 Å². The fraction of sp³-hybridized carbons (Fsp3) is 0.0556. The Bertz CT molecular complexity index is 1240. The standard InChI is InChI=1S/C18H13N3O4S3/c1-28(23,24)21-12-4-2-10(3-5-12)14-9-19-8-11-6-13(25-16(11)14)7-15-17(22)20-18(26)27-15/h2-9,21H,1H3,(H,20,22,26)/b15-7-. The predicted molar refractivity (Wildman–Crippen MR) is 114 cm³/mol. The number of furan rings is 1. The number of benzene rings is 1. The quantitative estimate of drug-likeness (QED) is 0.482. The number of thiocarbonyl (C=S) groups is 1. The molecular formula is C18H13N3O4S3. The molecular weight excluding hydrogens is 418 g/mol. The average molecular weight is 432 g/mol. The van der Waals surface area contributed by atoms with E-state index in [1.807, 2.05) is 0 Å². The van der Waals surface area contributed by atoms with Crippen molar-refractivity contribution in [2.75, 3.05) is 11.0 Å². The van der Waals surface area contributed by atoms with Gasteiger partial charge in [-0.15, -0.1) is 0 Å². The summed E-state index contributed by atoms with van der Waals surface area (Å²) in [7, 11) is -3.34. The molecule has 0 bridgehead atoms. The van der Waals surface area contributed by atoms with Crippen LogP contribution in [0.1, 0.15) is 5.76 Å². The Labute approximate surface area is 170 Å². The van der Waals surface area contributed by atoms with Gasteiger partial charge in [0.2, 0.25) is 10.0 Å². The van der Waals surface area contributed by atoms with E-state index in [1.54, 1.807) is 48.8 Å². The van der Waals surface area contributed by atoms with E-state index in [9.17, 15) is 13.2 Å². The highest BCUT2D eigenvalue weighted by Crippen LogP contribution is 2.33. The fourth-order valence-electron chi connectivity index (χ4n) is 2.74. The molecule has 0 radical (unpaired) electrons. The molecule has 7 nitrogen and oxygen atoms in total. The third kappa shape index (κ3) is 3.93. The van der Waals surface area contributed by atoms with Gasteiger partial charge in [-0.05, 0) is 23.8 Å². The maximum atomic E-state index is 11.8. The van der Waals surface area contributed by atoms with Crippen LogP contribution in [0, 0.1) is 0 Å². The number of pyridine rings is 1. The largest absolute Gasteiger partial charge is 0.456 e. The minimum atomic E-state index is -3.34. The van der Waals surface area contributed by atoms with Crippen LogP contribution >= 0.6 is 24.0 Å². The van der Waals surface area contributed by atoms with Gasteiger partial charge in [-0.3, -0.25) is 14.5 Å². The Balaban J connectivity index is 1.71. The minimum Gasteiger partial charge on any atom is -0.456 e. The van der Waals surface area contributed by atoms with Gasteiger partial charge in [0.15, 0.2) is 0 Å². The summed E-state index contributed by atoms with van der Waals surface area (Å²) in [6.07, 6.45) is 6.09. The van der Waals surface area contributed by atoms with Crippen LogP contribution in [0.5, 0.6) is 0 Å². The average Bonchev–Trinajstić information content (AvgIpc) is 3.16. The van der Waals surface area contributed by atoms with Crippen molar-refractivity contribution in [2.45, 2.75) is 0 Å². The van der Waals surface area contributed by atoms with E-state index < -0.39 is 10.0 Å². The summed E-state index contributed by atoms with van der Waals surface area (Å²) in [6.45, 7) is 0. The Kier molecular flexibility index (Phi) is 4.69. The number of rotatable bonds is 4. The van der Waals surface area contributed by atoms with Crippen molar-refractivity contribution in [3.05, 3.63) is 53.4 Å². The molecule has 4 rings (SSSR count). The Morgan fingerprint density at radius 2 is 2.00 bits per heavy atom. The van der Waals surface area contributed by atoms with Crippen molar-refractivity contribution in [3.8, 4) is 11.1 Å². The van der Waals surface area contributed by atoms with Crippen LogP contribution in [0.15, 0.2) is 52.0 Å². The lowest BCUT2D eigenvalue weighted by atomic mass is 10.1. The third-order valence-electron chi connectivity index (χ3n) is 3.86. The summed E-state index contributed by atoms with van der Waals surface area (Å²) < 4.78 is 31.5. The van der Waals surface area contributed by atoms with Crippen molar-refractivity contribution in [1.29, 1.82) is 0 Å². The third-order valence-corrected chi connectivity index (χ3v) is 5.63. The molecule has 2 aromatic heterocycles. The smallest absolute Gasteiger partial charge is 0.263 e. The highest BCUT2D eigenvalue weighted by atomic mass is 32.2. The molecule has 1 aliphatic heterocycles. The van der Waals surface area contributed by atoms with E-state index in [2.05, 4.69) is 15.0 Å². The fourth-order valence-corrected chi connectivity index (χ4v) is 4.33. The minimum absolute atomic E-state index is 0.247. The monoisotopic (exact) mass is 431 g/mol. The molecule has 3 aromatic rings. The molecule has 2 N–H and O–H groups in total. The number of hydrogen-bond donors (Lipinski definition) is 2. The van der Waals surface area contributed by atoms with Crippen LogP contribution in [0.25, 0.3) is 28.2 Å². The summed E-state index contributed by atoms with van der Waals surface area (Å²) in [5.74, 6) is 0.268. The number of nitrogens with zero attached hydrogens (tertiary/aromatic N) is 1.